The lowest BCUT2D eigenvalue weighted by Gasteiger charge is -2.03. The normalized spacial score (nSPS) is 10.1. The van der Waals surface area contributed by atoms with Gasteiger partial charge in [0.1, 0.15) is 0 Å². The second-order valence-electron chi connectivity index (χ2n) is 3.30. The molecule has 2 heteroatoms. The molecular formula is C13H13NS. The van der Waals surface area contributed by atoms with Crippen LogP contribution in [0.5, 0.6) is 0 Å². The van der Waals surface area contributed by atoms with E-state index in [-0.39, 0.29) is 0 Å². The topological polar surface area (TPSA) is 15.8 Å². The molecule has 0 fully saturated rings. The molecule has 2 rings (SSSR count). The lowest BCUT2D eigenvalue weighted by molar-refractivity contribution is 1.41. The summed E-state index contributed by atoms with van der Waals surface area (Å²) in [6.45, 7) is 4.06. The number of aromatic nitrogens is 1. The zero-order valence-electron chi connectivity index (χ0n) is 8.44. The number of thioether (sulfide) groups is 1. The third kappa shape index (κ3) is 2.77. The number of aromatic amines is 1. The summed E-state index contributed by atoms with van der Waals surface area (Å²) in [6.07, 6.45) is 3.89. The van der Waals surface area contributed by atoms with Gasteiger partial charge >= 0.3 is 0 Å². The largest absolute Gasteiger partial charge is 0.367 e. The van der Waals surface area contributed by atoms with E-state index in [9.17, 15) is 0 Å². The third-order valence-corrected chi connectivity index (χ3v) is 3.24. The molecule has 0 atom stereocenters. The van der Waals surface area contributed by atoms with Crippen molar-refractivity contribution in [2.75, 3.05) is 0 Å². The lowest BCUT2D eigenvalue weighted by Crippen LogP contribution is -1.79. The van der Waals surface area contributed by atoms with Gasteiger partial charge in [0, 0.05) is 28.6 Å². The number of hydrogen-bond acceptors (Lipinski definition) is 1. The minimum absolute atomic E-state index is 0.977. The standard InChI is InChI=1S/C13H13NS/c1-11(13-7-8-14-9-13)15-10-12-5-3-2-4-6-12/h2-9,14H,1,10H2. The van der Waals surface area contributed by atoms with E-state index in [1.54, 1.807) is 11.8 Å². The Morgan fingerprint density at radius 2 is 2.00 bits per heavy atom. The van der Waals surface area contributed by atoms with Crippen molar-refractivity contribution in [3.63, 3.8) is 0 Å². The van der Waals surface area contributed by atoms with Gasteiger partial charge in [-0.25, -0.2) is 0 Å². The SMILES string of the molecule is C=C(SCc1ccccc1)c1cc[nH]c1. The van der Waals surface area contributed by atoms with Crippen LogP contribution in [0.4, 0.5) is 0 Å². The molecule has 1 N–H and O–H groups in total. The van der Waals surface area contributed by atoms with Gasteiger partial charge in [0.2, 0.25) is 0 Å². The van der Waals surface area contributed by atoms with E-state index in [1.807, 2.05) is 24.5 Å². The Hall–Kier alpha value is -1.41. The lowest BCUT2D eigenvalue weighted by atomic mass is 10.2. The first kappa shape index (κ1) is 10.1. The molecule has 0 spiro atoms. The first-order chi connectivity index (χ1) is 7.36. The van der Waals surface area contributed by atoms with Crippen LogP contribution >= 0.6 is 11.8 Å². The average Bonchev–Trinajstić information content (AvgIpc) is 2.81. The van der Waals surface area contributed by atoms with Crippen LogP contribution in [-0.2, 0) is 5.75 Å². The maximum absolute atomic E-state index is 4.06. The van der Waals surface area contributed by atoms with Gasteiger partial charge in [0.05, 0.1) is 0 Å². The molecule has 0 aliphatic heterocycles. The monoisotopic (exact) mass is 215 g/mol. The molecule has 0 saturated heterocycles. The van der Waals surface area contributed by atoms with E-state index in [0.717, 1.165) is 10.7 Å². The minimum atomic E-state index is 0.977. The molecular weight excluding hydrogens is 202 g/mol. The Balaban J connectivity index is 1.92. The highest BCUT2D eigenvalue weighted by atomic mass is 32.2. The van der Waals surface area contributed by atoms with Crippen LogP contribution in [0.3, 0.4) is 0 Å². The molecule has 0 aliphatic carbocycles. The Bertz CT molecular complexity index is 417. The van der Waals surface area contributed by atoms with Crippen LogP contribution in [0.25, 0.3) is 4.91 Å². The Labute approximate surface area is 94.2 Å². The van der Waals surface area contributed by atoms with Gasteiger partial charge in [-0.2, -0.15) is 0 Å². The molecule has 0 bridgehead atoms. The maximum Gasteiger partial charge on any atom is 0.0232 e. The van der Waals surface area contributed by atoms with Crippen LogP contribution in [-0.4, -0.2) is 4.98 Å². The van der Waals surface area contributed by atoms with Crippen molar-refractivity contribution < 1.29 is 0 Å². The van der Waals surface area contributed by atoms with Crippen molar-refractivity contribution in [2.45, 2.75) is 5.75 Å². The molecule has 1 aromatic heterocycles. The second-order valence-corrected chi connectivity index (χ2v) is 4.37. The van der Waals surface area contributed by atoms with E-state index < -0.39 is 0 Å². The summed E-state index contributed by atoms with van der Waals surface area (Å²) in [5.74, 6) is 0.977. The van der Waals surface area contributed by atoms with Gasteiger partial charge in [-0.3, -0.25) is 0 Å². The molecule has 76 valence electrons. The molecule has 0 unspecified atom stereocenters. The molecule has 0 saturated carbocycles. The fourth-order valence-corrected chi connectivity index (χ4v) is 2.15. The van der Waals surface area contributed by atoms with Crippen LogP contribution in [0, 0.1) is 0 Å². The Kier molecular flexibility index (Phi) is 3.30. The first-order valence-corrected chi connectivity index (χ1v) is 5.83. The van der Waals surface area contributed by atoms with E-state index >= 15 is 0 Å². The third-order valence-electron chi connectivity index (χ3n) is 2.18. The number of rotatable bonds is 4. The van der Waals surface area contributed by atoms with Crippen LogP contribution in [0.1, 0.15) is 11.1 Å². The van der Waals surface area contributed by atoms with Crippen molar-refractivity contribution in [1.82, 2.24) is 4.98 Å². The maximum atomic E-state index is 4.06. The number of hydrogen-bond donors (Lipinski definition) is 1. The molecule has 2 aromatic rings. The molecule has 0 aliphatic rings. The van der Waals surface area contributed by atoms with Gasteiger partial charge in [-0.15, -0.1) is 11.8 Å². The van der Waals surface area contributed by atoms with E-state index in [1.165, 1.54) is 11.1 Å². The van der Waals surface area contributed by atoms with Gasteiger partial charge in [0.15, 0.2) is 0 Å². The number of H-pyrrole nitrogens is 1. The summed E-state index contributed by atoms with van der Waals surface area (Å²) in [5, 5.41) is 0. The summed E-state index contributed by atoms with van der Waals surface area (Å²) in [4.78, 5) is 4.15. The van der Waals surface area contributed by atoms with Crippen molar-refractivity contribution in [3.05, 3.63) is 66.5 Å². The predicted octanol–water partition coefficient (Wildman–Crippen LogP) is 3.92. The highest BCUT2D eigenvalue weighted by Gasteiger charge is 2.00. The minimum Gasteiger partial charge on any atom is -0.367 e. The smallest absolute Gasteiger partial charge is 0.0232 e. The summed E-state index contributed by atoms with van der Waals surface area (Å²) in [6, 6.07) is 12.5. The Morgan fingerprint density at radius 3 is 2.67 bits per heavy atom. The van der Waals surface area contributed by atoms with Gasteiger partial charge in [0.25, 0.3) is 0 Å². The van der Waals surface area contributed by atoms with Gasteiger partial charge < -0.3 is 4.98 Å². The Morgan fingerprint density at radius 1 is 1.20 bits per heavy atom. The average molecular weight is 215 g/mol. The fourth-order valence-electron chi connectivity index (χ4n) is 1.33. The zero-order valence-corrected chi connectivity index (χ0v) is 9.26. The molecule has 15 heavy (non-hydrogen) atoms. The van der Waals surface area contributed by atoms with Crippen molar-refractivity contribution in [2.24, 2.45) is 0 Å². The number of benzene rings is 1. The van der Waals surface area contributed by atoms with Gasteiger partial charge in [-0.05, 0) is 11.6 Å². The summed E-state index contributed by atoms with van der Waals surface area (Å²) < 4.78 is 0. The summed E-state index contributed by atoms with van der Waals surface area (Å²) in [7, 11) is 0. The van der Waals surface area contributed by atoms with Crippen molar-refractivity contribution in [3.8, 4) is 0 Å². The van der Waals surface area contributed by atoms with E-state index in [2.05, 4.69) is 35.8 Å². The second kappa shape index (κ2) is 4.89. The van der Waals surface area contributed by atoms with Crippen LogP contribution in [0.2, 0.25) is 0 Å². The summed E-state index contributed by atoms with van der Waals surface area (Å²) in [5.41, 5.74) is 2.51. The van der Waals surface area contributed by atoms with Gasteiger partial charge in [-0.1, -0.05) is 36.9 Å². The highest BCUT2D eigenvalue weighted by molar-refractivity contribution is 8.07. The van der Waals surface area contributed by atoms with Crippen molar-refractivity contribution in [1.29, 1.82) is 0 Å². The van der Waals surface area contributed by atoms with E-state index in [0.29, 0.717) is 0 Å². The molecule has 0 radical (unpaired) electrons. The number of nitrogens with one attached hydrogen (secondary N) is 1. The zero-order chi connectivity index (χ0) is 10.5. The van der Waals surface area contributed by atoms with Crippen LogP contribution < -0.4 is 0 Å². The van der Waals surface area contributed by atoms with E-state index in [4.69, 9.17) is 0 Å². The van der Waals surface area contributed by atoms with Crippen LogP contribution in [0.15, 0.2) is 55.4 Å². The molecule has 1 nitrogen and oxygen atoms in total. The quantitative estimate of drug-likeness (QED) is 0.817. The predicted molar refractivity (Wildman–Crippen MR) is 67.6 cm³/mol. The summed E-state index contributed by atoms with van der Waals surface area (Å²) >= 11 is 1.77. The molecule has 1 aromatic carbocycles. The highest BCUT2D eigenvalue weighted by Crippen LogP contribution is 2.28. The molecule has 0 amide bonds. The fraction of sp³-hybridized carbons (Fsp3) is 0.0769. The first-order valence-electron chi connectivity index (χ1n) is 4.85. The van der Waals surface area contributed by atoms with Crippen molar-refractivity contribution >= 4 is 16.7 Å². The molecule has 1 heterocycles.